The summed E-state index contributed by atoms with van der Waals surface area (Å²) < 4.78 is 4.70. The lowest BCUT2D eigenvalue weighted by molar-refractivity contribution is -0.122. The smallest absolute Gasteiger partial charge is 0.340 e. The van der Waals surface area contributed by atoms with Crippen molar-refractivity contribution in [3.63, 3.8) is 0 Å². The first kappa shape index (κ1) is 13.4. The molecule has 1 aliphatic heterocycles. The molecule has 5 heteroatoms. The summed E-state index contributed by atoms with van der Waals surface area (Å²) in [7, 11) is 1.31. The normalized spacial score (nSPS) is 16.4. The Morgan fingerprint density at radius 1 is 1.42 bits per heavy atom. The van der Waals surface area contributed by atoms with Crippen LogP contribution >= 0.6 is 0 Å². The van der Waals surface area contributed by atoms with Crippen molar-refractivity contribution >= 4 is 23.3 Å². The number of nitrogens with two attached hydrogens (primary N) is 1. The van der Waals surface area contributed by atoms with Crippen LogP contribution in [0.25, 0.3) is 0 Å². The molecule has 0 aliphatic carbocycles. The van der Waals surface area contributed by atoms with Gasteiger partial charge in [0.2, 0.25) is 5.91 Å². The second-order valence-electron chi connectivity index (χ2n) is 5.12. The van der Waals surface area contributed by atoms with Gasteiger partial charge in [-0.25, -0.2) is 4.79 Å². The van der Waals surface area contributed by atoms with Crippen molar-refractivity contribution < 1.29 is 14.3 Å². The number of esters is 1. The Morgan fingerprint density at radius 3 is 2.58 bits per heavy atom. The van der Waals surface area contributed by atoms with E-state index in [1.165, 1.54) is 7.11 Å². The number of nitrogen functional groups attached to an aromatic ring is 1. The summed E-state index contributed by atoms with van der Waals surface area (Å²) in [5, 5.41) is 0. The average molecular weight is 262 g/mol. The fraction of sp³-hybridized carbons (Fsp3) is 0.429. The second kappa shape index (κ2) is 4.26. The van der Waals surface area contributed by atoms with E-state index in [2.05, 4.69) is 0 Å². The predicted molar refractivity (Wildman–Crippen MR) is 73.2 cm³/mol. The molecule has 1 aliphatic rings. The third-order valence-corrected chi connectivity index (χ3v) is 3.63. The van der Waals surface area contributed by atoms with Gasteiger partial charge in [-0.05, 0) is 38.5 Å². The van der Waals surface area contributed by atoms with E-state index in [0.717, 1.165) is 11.3 Å². The van der Waals surface area contributed by atoms with Gasteiger partial charge in [0.15, 0.2) is 0 Å². The number of carbonyl (C=O) groups is 2. The molecule has 5 nitrogen and oxygen atoms in total. The van der Waals surface area contributed by atoms with Gasteiger partial charge in [0.1, 0.15) is 0 Å². The Morgan fingerprint density at radius 2 is 2.05 bits per heavy atom. The summed E-state index contributed by atoms with van der Waals surface area (Å²) >= 11 is 0. The van der Waals surface area contributed by atoms with Crippen LogP contribution in [0.3, 0.4) is 0 Å². The second-order valence-corrected chi connectivity index (χ2v) is 5.12. The molecule has 19 heavy (non-hydrogen) atoms. The molecule has 1 amide bonds. The standard InChI is InChI=1S/C14H18N2O3/c1-5-16-11-6-8(12(17)19-4)10(15)7-9(11)14(2,3)13(16)18/h6-7H,5,15H2,1-4H3. The molecule has 0 unspecified atom stereocenters. The van der Waals surface area contributed by atoms with Gasteiger partial charge in [-0.15, -0.1) is 0 Å². The quantitative estimate of drug-likeness (QED) is 0.650. The van der Waals surface area contributed by atoms with Gasteiger partial charge in [-0.2, -0.15) is 0 Å². The first-order valence-electron chi connectivity index (χ1n) is 6.18. The van der Waals surface area contributed by atoms with E-state index >= 15 is 0 Å². The topological polar surface area (TPSA) is 72.6 Å². The monoisotopic (exact) mass is 262 g/mol. The van der Waals surface area contributed by atoms with Gasteiger partial charge in [-0.1, -0.05) is 0 Å². The van der Waals surface area contributed by atoms with Crippen LogP contribution in [0, 0.1) is 0 Å². The van der Waals surface area contributed by atoms with Gasteiger partial charge in [0, 0.05) is 17.9 Å². The van der Waals surface area contributed by atoms with Crippen LogP contribution in [0.2, 0.25) is 0 Å². The zero-order valence-corrected chi connectivity index (χ0v) is 11.6. The van der Waals surface area contributed by atoms with E-state index in [9.17, 15) is 9.59 Å². The molecule has 1 aromatic rings. The summed E-state index contributed by atoms with van der Waals surface area (Å²) in [6, 6.07) is 3.35. The molecule has 2 rings (SSSR count). The van der Waals surface area contributed by atoms with Crippen molar-refractivity contribution in [1.82, 2.24) is 0 Å². The van der Waals surface area contributed by atoms with Crippen LogP contribution in [0.5, 0.6) is 0 Å². The third-order valence-electron chi connectivity index (χ3n) is 3.63. The molecular weight excluding hydrogens is 244 g/mol. The number of amides is 1. The number of ether oxygens (including phenoxy) is 1. The van der Waals surface area contributed by atoms with E-state index in [1.807, 2.05) is 20.8 Å². The molecular formula is C14H18N2O3. The molecule has 1 heterocycles. The highest BCUT2D eigenvalue weighted by atomic mass is 16.5. The number of likely N-dealkylation sites (N-methyl/N-ethyl adjacent to an activating group) is 1. The lowest BCUT2D eigenvalue weighted by atomic mass is 9.85. The molecule has 0 bridgehead atoms. The third kappa shape index (κ3) is 1.77. The summed E-state index contributed by atoms with van der Waals surface area (Å²) in [5.74, 6) is -0.472. The number of anilines is 2. The fourth-order valence-corrected chi connectivity index (χ4v) is 2.49. The van der Waals surface area contributed by atoms with Crippen LogP contribution in [-0.2, 0) is 14.9 Å². The maximum Gasteiger partial charge on any atom is 0.340 e. The molecule has 102 valence electrons. The SMILES string of the molecule is CCN1C(=O)C(C)(C)c2cc(N)c(C(=O)OC)cc21. The van der Waals surface area contributed by atoms with E-state index in [4.69, 9.17) is 10.5 Å². The summed E-state index contributed by atoms with van der Waals surface area (Å²) in [5.41, 5.74) is 7.50. The number of hydrogen-bond donors (Lipinski definition) is 1. The number of hydrogen-bond acceptors (Lipinski definition) is 4. The first-order valence-corrected chi connectivity index (χ1v) is 6.18. The Labute approximate surface area is 112 Å². The van der Waals surface area contributed by atoms with E-state index < -0.39 is 11.4 Å². The van der Waals surface area contributed by atoms with Crippen molar-refractivity contribution in [2.45, 2.75) is 26.2 Å². The number of methoxy groups -OCH3 is 1. The zero-order valence-electron chi connectivity index (χ0n) is 11.6. The molecule has 2 N–H and O–H groups in total. The van der Waals surface area contributed by atoms with Gasteiger partial charge in [0.25, 0.3) is 0 Å². The summed E-state index contributed by atoms with van der Waals surface area (Å²) in [6.07, 6.45) is 0. The molecule has 0 spiro atoms. The number of benzene rings is 1. The molecule has 0 radical (unpaired) electrons. The highest BCUT2D eigenvalue weighted by Crippen LogP contribution is 2.43. The van der Waals surface area contributed by atoms with E-state index in [-0.39, 0.29) is 5.91 Å². The lowest BCUT2D eigenvalue weighted by Crippen LogP contribution is -2.35. The average Bonchev–Trinajstić information content (AvgIpc) is 2.56. The minimum atomic E-state index is -0.617. The molecule has 1 aromatic carbocycles. The van der Waals surface area contributed by atoms with Crippen molar-refractivity contribution in [2.75, 3.05) is 24.3 Å². The number of fused-ring (bicyclic) bond motifs is 1. The molecule has 0 atom stereocenters. The van der Waals surface area contributed by atoms with Gasteiger partial charge in [-0.3, -0.25) is 4.79 Å². The zero-order chi connectivity index (χ0) is 14.4. The predicted octanol–water partition coefficient (Wildman–Crippen LogP) is 1.70. The van der Waals surface area contributed by atoms with Gasteiger partial charge >= 0.3 is 5.97 Å². The molecule has 0 saturated heterocycles. The van der Waals surface area contributed by atoms with Crippen molar-refractivity contribution in [3.05, 3.63) is 23.3 Å². The lowest BCUT2D eigenvalue weighted by Gasteiger charge is -2.18. The fourth-order valence-electron chi connectivity index (χ4n) is 2.49. The minimum absolute atomic E-state index is 0.0198. The molecule has 0 saturated carbocycles. The Hall–Kier alpha value is -2.04. The number of rotatable bonds is 2. The summed E-state index contributed by atoms with van der Waals surface area (Å²) in [6.45, 7) is 6.18. The Balaban J connectivity index is 2.67. The van der Waals surface area contributed by atoms with Gasteiger partial charge < -0.3 is 15.4 Å². The number of nitrogens with zero attached hydrogens (tertiary/aromatic N) is 1. The van der Waals surface area contributed by atoms with Crippen LogP contribution in [0.1, 0.15) is 36.7 Å². The molecule has 0 aromatic heterocycles. The Kier molecular flexibility index (Phi) is 3.00. The first-order chi connectivity index (χ1) is 8.84. The van der Waals surface area contributed by atoms with Crippen molar-refractivity contribution in [1.29, 1.82) is 0 Å². The maximum absolute atomic E-state index is 12.3. The summed E-state index contributed by atoms with van der Waals surface area (Å²) in [4.78, 5) is 25.7. The maximum atomic E-state index is 12.3. The van der Waals surface area contributed by atoms with Crippen molar-refractivity contribution in [2.24, 2.45) is 0 Å². The molecule has 0 fully saturated rings. The Bertz CT molecular complexity index is 564. The van der Waals surface area contributed by atoms with Crippen LogP contribution < -0.4 is 10.6 Å². The van der Waals surface area contributed by atoms with Crippen molar-refractivity contribution in [3.8, 4) is 0 Å². The van der Waals surface area contributed by atoms with E-state index in [1.54, 1.807) is 17.0 Å². The van der Waals surface area contributed by atoms with Crippen LogP contribution in [0.4, 0.5) is 11.4 Å². The van der Waals surface area contributed by atoms with Crippen LogP contribution in [0.15, 0.2) is 12.1 Å². The minimum Gasteiger partial charge on any atom is -0.465 e. The largest absolute Gasteiger partial charge is 0.465 e. The highest BCUT2D eigenvalue weighted by Gasteiger charge is 2.43. The van der Waals surface area contributed by atoms with Crippen LogP contribution in [-0.4, -0.2) is 25.5 Å². The number of carbonyl (C=O) groups excluding carboxylic acids is 2. The highest BCUT2D eigenvalue weighted by molar-refractivity contribution is 6.09. The van der Waals surface area contributed by atoms with E-state index in [0.29, 0.717) is 17.8 Å². The van der Waals surface area contributed by atoms with Gasteiger partial charge in [0.05, 0.1) is 18.1 Å².